The maximum atomic E-state index is 12.7. The first-order valence-electron chi connectivity index (χ1n) is 15.0. The summed E-state index contributed by atoms with van der Waals surface area (Å²) in [5, 5.41) is 0. The van der Waals surface area contributed by atoms with Crippen LogP contribution in [-0.2, 0) is 4.74 Å². The molecule has 0 aromatic heterocycles. The quantitative estimate of drug-likeness (QED) is 0.287. The lowest BCUT2D eigenvalue weighted by Crippen LogP contribution is -2.46. The fourth-order valence-electron chi connectivity index (χ4n) is 8.47. The highest BCUT2D eigenvalue weighted by atomic mass is 16.5. The lowest BCUT2D eigenvalue weighted by atomic mass is 9.50. The van der Waals surface area contributed by atoms with Crippen molar-refractivity contribution in [1.29, 1.82) is 0 Å². The van der Waals surface area contributed by atoms with Gasteiger partial charge in [0, 0.05) is 6.42 Å². The van der Waals surface area contributed by atoms with E-state index in [9.17, 15) is 4.79 Å². The van der Waals surface area contributed by atoms with Crippen molar-refractivity contribution < 1.29 is 9.53 Å². The standard InChI is InChI=1S/C35H48O2/c1-23(2)24(3)12-13-25(4)30-16-17-31-29-15-14-27-22-28(37-33(36)26-10-8-7-9-11-26)18-20-34(27,5)32(29)19-21-35(30,31)6/h7-15,23-25,28,30-32H,16-22H2,1-6H3/t24-,25-,28-,30+,31-,32-,34-,35+/m0/s1. The van der Waals surface area contributed by atoms with Gasteiger partial charge in [-0.1, -0.05) is 95.2 Å². The van der Waals surface area contributed by atoms with Crippen molar-refractivity contribution in [3.8, 4) is 0 Å². The summed E-state index contributed by atoms with van der Waals surface area (Å²) in [6.45, 7) is 14.6. The maximum Gasteiger partial charge on any atom is 0.338 e. The second kappa shape index (κ2) is 10.2. The first-order valence-corrected chi connectivity index (χ1v) is 15.0. The van der Waals surface area contributed by atoms with E-state index in [0.29, 0.717) is 34.7 Å². The van der Waals surface area contributed by atoms with Crippen LogP contribution in [0.25, 0.3) is 0 Å². The molecule has 2 heteroatoms. The summed E-state index contributed by atoms with van der Waals surface area (Å²) in [6.07, 6.45) is 18.3. The number of benzene rings is 1. The normalized spacial score (nSPS) is 36.7. The Balaban J connectivity index is 1.31. The SMILES string of the molecule is CC(C)[C@@H](C)C=C[C@H](C)[C@H]1CC[C@H]2C3=CC=C4C[C@@H](OC(=O)c5ccccc5)CC[C@]4(C)[C@H]3CC[C@]12C. The van der Waals surface area contributed by atoms with Crippen LogP contribution in [0, 0.1) is 46.3 Å². The van der Waals surface area contributed by atoms with Gasteiger partial charge in [0.15, 0.2) is 0 Å². The van der Waals surface area contributed by atoms with Crippen molar-refractivity contribution in [2.75, 3.05) is 0 Å². The molecule has 0 radical (unpaired) electrons. The van der Waals surface area contributed by atoms with E-state index in [1.807, 2.05) is 30.3 Å². The van der Waals surface area contributed by atoms with Crippen LogP contribution in [0.15, 0.2) is 65.8 Å². The molecule has 3 saturated carbocycles. The number of fused-ring (bicyclic) bond motifs is 5. The Bertz CT molecular complexity index is 1080. The molecule has 0 bridgehead atoms. The van der Waals surface area contributed by atoms with E-state index < -0.39 is 0 Å². The van der Waals surface area contributed by atoms with Crippen LogP contribution >= 0.6 is 0 Å². The number of hydrogen-bond acceptors (Lipinski definition) is 2. The Morgan fingerprint density at radius 2 is 1.68 bits per heavy atom. The topological polar surface area (TPSA) is 26.3 Å². The van der Waals surface area contributed by atoms with E-state index in [1.165, 1.54) is 31.3 Å². The molecule has 0 spiro atoms. The largest absolute Gasteiger partial charge is 0.458 e. The van der Waals surface area contributed by atoms with Crippen molar-refractivity contribution in [3.05, 3.63) is 71.3 Å². The van der Waals surface area contributed by atoms with Gasteiger partial charge in [0.2, 0.25) is 0 Å². The molecule has 4 aliphatic carbocycles. The van der Waals surface area contributed by atoms with Gasteiger partial charge >= 0.3 is 5.97 Å². The molecular formula is C35H48O2. The first kappa shape index (κ1) is 26.5. The molecule has 1 aromatic carbocycles. The summed E-state index contributed by atoms with van der Waals surface area (Å²) in [4.78, 5) is 12.7. The Hall–Kier alpha value is -2.09. The van der Waals surface area contributed by atoms with Crippen molar-refractivity contribution in [2.24, 2.45) is 46.3 Å². The Morgan fingerprint density at radius 1 is 0.919 bits per heavy atom. The Labute approximate surface area is 225 Å². The highest BCUT2D eigenvalue weighted by Crippen LogP contribution is 2.66. The van der Waals surface area contributed by atoms with Gasteiger partial charge in [-0.05, 0) is 97.0 Å². The third-order valence-electron chi connectivity index (χ3n) is 11.3. The van der Waals surface area contributed by atoms with Gasteiger partial charge in [0.1, 0.15) is 6.10 Å². The van der Waals surface area contributed by atoms with Crippen LogP contribution in [0.5, 0.6) is 0 Å². The number of rotatable bonds is 6. The van der Waals surface area contributed by atoms with Crippen LogP contribution < -0.4 is 0 Å². The lowest BCUT2D eigenvalue weighted by molar-refractivity contribution is 0.00691. The summed E-state index contributed by atoms with van der Waals surface area (Å²) in [6, 6.07) is 9.43. The van der Waals surface area contributed by atoms with E-state index in [4.69, 9.17) is 4.74 Å². The molecule has 37 heavy (non-hydrogen) atoms. The summed E-state index contributed by atoms with van der Waals surface area (Å²) in [5.74, 6) is 3.97. The predicted molar refractivity (Wildman–Crippen MR) is 153 cm³/mol. The highest BCUT2D eigenvalue weighted by molar-refractivity contribution is 5.89. The number of hydrogen-bond donors (Lipinski definition) is 0. The zero-order chi connectivity index (χ0) is 26.4. The first-order chi connectivity index (χ1) is 17.6. The summed E-state index contributed by atoms with van der Waals surface area (Å²) < 4.78 is 5.98. The second-order valence-corrected chi connectivity index (χ2v) is 13.6. The van der Waals surface area contributed by atoms with E-state index in [2.05, 4.69) is 65.8 Å². The molecule has 200 valence electrons. The molecular weight excluding hydrogens is 452 g/mol. The minimum absolute atomic E-state index is 0.00688. The molecule has 0 N–H and O–H groups in total. The molecule has 0 amide bonds. The van der Waals surface area contributed by atoms with Crippen LogP contribution in [0.2, 0.25) is 0 Å². The van der Waals surface area contributed by atoms with Gasteiger partial charge in [-0.25, -0.2) is 4.79 Å². The fraction of sp³-hybridized carbons (Fsp3) is 0.629. The zero-order valence-corrected chi connectivity index (χ0v) is 24.0. The molecule has 0 heterocycles. The Morgan fingerprint density at radius 3 is 2.41 bits per heavy atom. The minimum Gasteiger partial charge on any atom is -0.458 e. The summed E-state index contributed by atoms with van der Waals surface area (Å²) >= 11 is 0. The van der Waals surface area contributed by atoms with E-state index in [-0.39, 0.29) is 17.5 Å². The van der Waals surface area contributed by atoms with Crippen molar-refractivity contribution in [3.63, 3.8) is 0 Å². The van der Waals surface area contributed by atoms with Gasteiger partial charge in [0.25, 0.3) is 0 Å². The minimum atomic E-state index is -0.182. The van der Waals surface area contributed by atoms with E-state index in [0.717, 1.165) is 31.1 Å². The highest BCUT2D eigenvalue weighted by Gasteiger charge is 2.57. The molecule has 8 atom stereocenters. The maximum absolute atomic E-state index is 12.7. The van der Waals surface area contributed by atoms with Crippen LogP contribution in [-0.4, -0.2) is 12.1 Å². The Kier molecular flexibility index (Phi) is 7.33. The zero-order valence-electron chi connectivity index (χ0n) is 24.0. The van der Waals surface area contributed by atoms with Gasteiger partial charge in [-0.2, -0.15) is 0 Å². The van der Waals surface area contributed by atoms with Crippen LogP contribution in [0.4, 0.5) is 0 Å². The van der Waals surface area contributed by atoms with Crippen molar-refractivity contribution in [1.82, 2.24) is 0 Å². The molecule has 2 nitrogen and oxygen atoms in total. The van der Waals surface area contributed by atoms with E-state index >= 15 is 0 Å². The molecule has 5 rings (SSSR count). The summed E-state index contributed by atoms with van der Waals surface area (Å²) in [5.41, 5.74) is 4.54. The van der Waals surface area contributed by atoms with Crippen molar-refractivity contribution in [2.45, 2.75) is 92.6 Å². The lowest BCUT2D eigenvalue weighted by Gasteiger charge is -2.55. The smallest absolute Gasteiger partial charge is 0.338 e. The van der Waals surface area contributed by atoms with Gasteiger partial charge in [-0.3, -0.25) is 0 Å². The molecule has 0 saturated heterocycles. The summed E-state index contributed by atoms with van der Waals surface area (Å²) in [7, 11) is 0. The van der Waals surface area contributed by atoms with Gasteiger partial charge < -0.3 is 4.74 Å². The molecule has 3 fully saturated rings. The fourth-order valence-corrected chi connectivity index (χ4v) is 8.47. The number of carbonyl (C=O) groups excluding carboxylic acids is 1. The van der Waals surface area contributed by atoms with Crippen LogP contribution in [0.3, 0.4) is 0 Å². The molecule has 0 unspecified atom stereocenters. The number of esters is 1. The van der Waals surface area contributed by atoms with Gasteiger partial charge in [0.05, 0.1) is 5.56 Å². The average molecular weight is 501 g/mol. The van der Waals surface area contributed by atoms with E-state index in [1.54, 1.807) is 5.57 Å². The second-order valence-electron chi connectivity index (χ2n) is 13.6. The number of ether oxygens (including phenoxy) is 1. The third kappa shape index (κ3) is 4.79. The third-order valence-corrected chi connectivity index (χ3v) is 11.3. The molecule has 4 aliphatic rings. The monoisotopic (exact) mass is 500 g/mol. The van der Waals surface area contributed by atoms with Gasteiger partial charge in [-0.15, -0.1) is 0 Å². The molecule has 0 aliphatic heterocycles. The number of carbonyl (C=O) groups is 1. The van der Waals surface area contributed by atoms with Crippen molar-refractivity contribution >= 4 is 5.97 Å². The molecule has 1 aromatic rings. The average Bonchev–Trinajstić information content (AvgIpc) is 3.25. The number of allylic oxidation sites excluding steroid dienone is 5. The predicted octanol–water partition coefficient (Wildman–Crippen LogP) is 9.20. The van der Waals surface area contributed by atoms with Crippen LogP contribution in [0.1, 0.15) is 96.8 Å².